The first kappa shape index (κ1) is 12.1. The third kappa shape index (κ3) is 1.87. The Morgan fingerprint density at radius 3 is 2.00 bits per heavy atom. The van der Waals surface area contributed by atoms with Crippen LogP contribution in [0.1, 0.15) is 43.4 Å². The molecule has 0 saturated carbocycles. The van der Waals surface area contributed by atoms with Gasteiger partial charge in [0.1, 0.15) is 0 Å². The quantitative estimate of drug-likeness (QED) is 0.655. The van der Waals surface area contributed by atoms with Gasteiger partial charge in [-0.25, -0.2) is 13.2 Å². The fourth-order valence-electron chi connectivity index (χ4n) is 1.78. The summed E-state index contributed by atoms with van der Waals surface area (Å²) in [6, 6.07) is 0. The Labute approximate surface area is 88.1 Å². The van der Waals surface area contributed by atoms with E-state index < -0.39 is 17.5 Å². The van der Waals surface area contributed by atoms with Crippen LogP contribution in [0.2, 0.25) is 0 Å². The van der Waals surface area contributed by atoms with Crippen molar-refractivity contribution in [3.63, 3.8) is 0 Å². The SMILES string of the molecule is [CH2]c1c(F)c(F)c(F)c(C(C)C)c1CC. The molecule has 83 valence electrons. The van der Waals surface area contributed by atoms with Crippen LogP contribution < -0.4 is 0 Å². The minimum atomic E-state index is -1.42. The molecule has 0 N–H and O–H groups in total. The number of hydrogen-bond donors (Lipinski definition) is 0. The molecule has 0 saturated heterocycles. The van der Waals surface area contributed by atoms with Crippen molar-refractivity contribution in [2.75, 3.05) is 0 Å². The molecule has 0 nitrogen and oxygen atoms in total. The van der Waals surface area contributed by atoms with E-state index >= 15 is 0 Å². The lowest BCUT2D eigenvalue weighted by Crippen LogP contribution is -2.08. The molecule has 0 heterocycles. The van der Waals surface area contributed by atoms with E-state index in [-0.39, 0.29) is 17.0 Å². The molecule has 1 rings (SSSR count). The second-order valence-corrected chi connectivity index (χ2v) is 3.82. The Balaban J connectivity index is 3.62. The molecular formula is C12H14F3. The summed E-state index contributed by atoms with van der Waals surface area (Å²) in [5.41, 5.74) is 0.683. The lowest BCUT2D eigenvalue weighted by atomic mass is 9.91. The summed E-state index contributed by atoms with van der Waals surface area (Å²) < 4.78 is 39.8. The smallest absolute Gasteiger partial charge is 0.194 e. The van der Waals surface area contributed by atoms with Gasteiger partial charge in [-0.3, -0.25) is 0 Å². The fourth-order valence-corrected chi connectivity index (χ4v) is 1.78. The molecule has 3 heteroatoms. The first-order chi connectivity index (χ1) is 6.91. The van der Waals surface area contributed by atoms with Gasteiger partial charge in [0.25, 0.3) is 0 Å². The highest BCUT2D eigenvalue weighted by atomic mass is 19.2. The molecule has 0 aromatic heterocycles. The van der Waals surface area contributed by atoms with Crippen molar-refractivity contribution in [1.29, 1.82) is 0 Å². The second-order valence-electron chi connectivity index (χ2n) is 3.82. The van der Waals surface area contributed by atoms with E-state index in [1.807, 2.05) is 0 Å². The molecule has 1 radical (unpaired) electrons. The van der Waals surface area contributed by atoms with Gasteiger partial charge in [-0.2, -0.15) is 0 Å². The molecule has 0 aliphatic rings. The Morgan fingerprint density at radius 1 is 1.07 bits per heavy atom. The highest BCUT2D eigenvalue weighted by molar-refractivity contribution is 5.41. The fraction of sp³-hybridized carbons (Fsp3) is 0.417. The molecule has 0 atom stereocenters. The second kappa shape index (κ2) is 4.25. The lowest BCUT2D eigenvalue weighted by Gasteiger charge is -2.16. The van der Waals surface area contributed by atoms with Gasteiger partial charge >= 0.3 is 0 Å². The third-order valence-electron chi connectivity index (χ3n) is 2.51. The summed E-state index contributed by atoms with van der Waals surface area (Å²) in [5.74, 6) is -3.85. The normalized spacial score (nSPS) is 11.2. The van der Waals surface area contributed by atoms with Crippen molar-refractivity contribution in [2.45, 2.75) is 33.1 Å². The lowest BCUT2D eigenvalue weighted by molar-refractivity contribution is 0.433. The van der Waals surface area contributed by atoms with E-state index in [0.29, 0.717) is 12.0 Å². The monoisotopic (exact) mass is 215 g/mol. The molecular weight excluding hydrogens is 201 g/mol. The molecule has 0 aliphatic heterocycles. The van der Waals surface area contributed by atoms with Gasteiger partial charge in [-0.15, -0.1) is 0 Å². The van der Waals surface area contributed by atoms with E-state index in [2.05, 4.69) is 6.92 Å². The topological polar surface area (TPSA) is 0 Å². The Bertz CT molecular complexity index is 381. The molecule has 1 aromatic rings. The maximum absolute atomic E-state index is 13.5. The minimum absolute atomic E-state index is 0.0277. The van der Waals surface area contributed by atoms with E-state index in [1.165, 1.54) is 0 Å². The zero-order valence-corrected chi connectivity index (χ0v) is 9.13. The summed E-state index contributed by atoms with van der Waals surface area (Å²) in [4.78, 5) is 0. The van der Waals surface area contributed by atoms with Gasteiger partial charge in [0.2, 0.25) is 0 Å². The van der Waals surface area contributed by atoms with Crippen molar-refractivity contribution in [2.24, 2.45) is 0 Å². The van der Waals surface area contributed by atoms with Gasteiger partial charge in [0.05, 0.1) is 0 Å². The van der Waals surface area contributed by atoms with Gasteiger partial charge in [-0.1, -0.05) is 20.8 Å². The van der Waals surface area contributed by atoms with Crippen LogP contribution in [0.15, 0.2) is 0 Å². The highest BCUT2D eigenvalue weighted by Gasteiger charge is 2.22. The first-order valence-corrected chi connectivity index (χ1v) is 4.92. The van der Waals surface area contributed by atoms with Crippen LogP contribution in [-0.4, -0.2) is 0 Å². The predicted molar refractivity (Wildman–Crippen MR) is 54.2 cm³/mol. The summed E-state index contributed by atoms with van der Waals surface area (Å²) in [6.45, 7) is 8.71. The van der Waals surface area contributed by atoms with Crippen molar-refractivity contribution in [1.82, 2.24) is 0 Å². The van der Waals surface area contributed by atoms with Crippen LogP contribution in [-0.2, 0) is 6.42 Å². The molecule has 15 heavy (non-hydrogen) atoms. The van der Waals surface area contributed by atoms with Crippen LogP contribution in [0, 0.1) is 24.4 Å². The Hall–Kier alpha value is -0.990. The van der Waals surface area contributed by atoms with E-state index in [1.54, 1.807) is 20.8 Å². The molecule has 0 aliphatic carbocycles. The van der Waals surface area contributed by atoms with Gasteiger partial charge in [0.15, 0.2) is 17.5 Å². The maximum Gasteiger partial charge on any atom is 0.194 e. The van der Waals surface area contributed by atoms with Crippen molar-refractivity contribution in [3.05, 3.63) is 41.1 Å². The van der Waals surface area contributed by atoms with Crippen LogP contribution >= 0.6 is 0 Å². The summed E-state index contributed by atoms with van der Waals surface area (Å²) in [6.07, 6.45) is 0.445. The molecule has 0 unspecified atom stereocenters. The van der Waals surface area contributed by atoms with Crippen LogP contribution in [0.4, 0.5) is 13.2 Å². The van der Waals surface area contributed by atoms with E-state index in [4.69, 9.17) is 0 Å². The summed E-state index contributed by atoms with van der Waals surface area (Å²) >= 11 is 0. The summed E-state index contributed by atoms with van der Waals surface area (Å²) in [7, 11) is 0. The molecule has 0 amide bonds. The van der Waals surface area contributed by atoms with Gasteiger partial charge < -0.3 is 0 Å². The van der Waals surface area contributed by atoms with Crippen LogP contribution in [0.3, 0.4) is 0 Å². The van der Waals surface area contributed by atoms with Gasteiger partial charge in [0, 0.05) is 0 Å². The average Bonchev–Trinajstić information content (AvgIpc) is 2.19. The van der Waals surface area contributed by atoms with Crippen LogP contribution in [0.5, 0.6) is 0 Å². The molecule has 0 spiro atoms. The Kier molecular flexibility index (Phi) is 3.42. The molecule has 1 aromatic carbocycles. The van der Waals surface area contributed by atoms with E-state index in [0.717, 1.165) is 0 Å². The molecule has 0 bridgehead atoms. The maximum atomic E-state index is 13.5. The van der Waals surface area contributed by atoms with Crippen molar-refractivity contribution < 1.29 is 13.2 Å². The number of rotatable bonds is 2. The minimum Gasteiger partial charge on any atom is -0.203 e. The van der Waals surface area contributed by atoms with E-state index in [9.17, 15) is 13.2 Å². The number of halogens is 3. The number of hydrogen-bond acceptors (Lipinski definition) is 0. The standard InChI is InChI=1S/C12H14F3/c1-5-8-7(4)10(13)12(15)11(14)9(8)6(2)3/h6H,4-5H2,1-3H3. The van der Waals surface area contributed by atoms with Crippen LogP contribution in [0.25, 0.3) is 0 Å². The highest BCUT2D eigenvalue weighted by Crippen LogP contribution is 2.30. The predicted octanol–water partition coefficient (Wildman–Crippen LogP) is 3.97. The van der Waals surface area contributed by atoms with Crippen molar-refractivity contribution in [3.8, 4) is 0 Å². The Morgan fingerprint density at radius 2 is 1.60 bits per heavy atom. The largest absolute Gasteiger partial charge is 0.203 e. The van der Waals surface area contributed by atoms with Crippen molar-refractivity contribution >= 4 is 0 Å². The zero-order valence-electron chi connectivity index (χ0n) is 9.13. The zero-order chi connectivity index (χ0) is 11.7. The molecule has 0 fully saturated rings. The summed E-state index contributed by atoms with van der Waals surface area (Å²) in [5, 5.41) is 0. The first-order valence-electron chi connectivity index (χ1n) is 4.92. The average molecular weight is 215 g/mol. The number of benzene rings is 1. The third-order valence-corrected chi connectivity index (χ3v) is 2.51. The van der Waals surface area contributed by atoms with Gasteiger partial charge in [-0.05, 0) is 36.0 Å².